The number of pyridine rings is 1. The molecule has 8 heteroatoms. The second kappa shape index (κ2) is 6.46. The van der Waals surface area contributed by atoms with Gasteiger partial charge in [-0.25, -0.2) is 18.7 Å². The van der Waals surface area contributed by atoms with Crippen LogP contribution < -0.4 is 15.2 Å². The van der Waals surface area contributed by atoms with Crippen molar-refractivity contribution in [3.8, 4) is 22.8 Å². The number of aryl methyl sites for hydroxylation is 1. The molecule has 25 heavy (non-hydrogen) atoms. The number of hydrogen-bond donors (Lipinski definition) is 1. The summed E-state index contributed by atoms with van der Waals surface area (Å²) < 4.78 is 39.4. The van der Waals surface area contributed by atoms with E-state index in [1.165, 1.54) is 26.5 Å². The molecular weight excluding hydrogens is 330 g/mol. The summed E-state index contributed by atoms with van der Waals surface area (Å²) in [6.45, 7) is 1.86. The van der Waals surface area contributed by atoms with Gasteiger partial charge in [-0.15, -0.1) is 0 Å². The lowest BCUT2D eigenvalue weighted by Gasteiger charge is -2.14. The Morgan fingerprint density at radius 1 is 1.04 bits per heavy atom. The number of benzene rings is 1. The van der Waals surface area contributed by atoms with Crippen LogP contribution in [0, 0.1) is 11.6 Å². The molecule has 0 fully saturated rings. The predicted molar refractivity (Wildman–Crippen MR) is 89.6 cm³/mol. The first kappa shape index (κ1) is 16.8. The van der Waals surface area contributed by atoms with E-state index in [4.69, 9.17) is 15.2 Å². The number of nitrogens with zero attached hydrogens (tertiary/aromatic N) is 3. The van der Waals surface area contributed by atoms with Gasteiger partial charge in [0.05, 0.1) is 36.7 Å². The number of nitrogen functional groups attached to an aromatic ring is 1. The summed E-state index contributed by atoms with van der Waals surface area (Å²) in [6, 6.07) is 2.66. The molecule has 0 unspecified atom stereocenters. The van der Waals surface area contributed by atoms with Crippen molar-refractivity contribution < 1.29 is 18.3 Å². The third-order valence-electron chi connectivity index (χ3n) is 3.82. The standard InChI is InChI=1S/C17H16F2N4O2/c1-4-9-16-8(7-21-17(20)23-16)5-10(22-9)13-14(18)11(24-2)6-12(25-3)15(13)19/h5-7H,4H2,1-3H3,(H2,20,21,23). The van der Waals surface area contributed by atoms with Crippen molar-refractivity contribution in [3.05, 3.63) is 35.7 Å². The fourth-order valence-corrected chi connectivity index (χ4v) is 2.60. The molecule has 0 radical (unpaired) electrons. The molecule has 0 saturated carbocycles. The third-order valence-corrected chi connectivity index (χ3v) is 3.82. The Kier molecular flexibility index (Phi) is 4.35. The number of anilines is 1. The average molecular weight is 346 g/mol. The Bertz CT molecular complexity index is 935. The van der Waals surface area contributed by atoms with E-state index in [1.807, 2.05) is 6.92 Å². The van der Waals surface area contributed by atoms with Gasteiger partial charge in [0.2, 0.25) is 5.95 Å². The zero-order valence-corrected chi connectivity index (χ0v) is 13.9. The molecule has 3 aromatic rings. The molecular formula is C17H16F2N4O2. The highest BCUT2D eigenvalue weighted by Gasteiger charge is 2.23. The van der Waals surface area contributed by atoms with Gasteiger partial charge in [0, 0.05) is 17.6 Å². The van der Waals surface area contributed by atoms with Crippen molar-refractivity contribution in [1.29, 1.82) is 0 Å². The van der Waals surface area contributed by atoms with Gasteiger partial charge in [-0.05, 0) is 12.5 Å². The number of methoxy groups -OCH3 is 2. The molecule has 0 atom stereocenters. The monoisotopic (exact) mass is 346 g/mol. The van der Waals surface area contributed by atoms with Gasteiger partial charge in [0.1, 0.15) is 0 Å². The minimum atomic E-state index is -0.855. The Balaban J connectivity index is 2.35. The van der Waals surface area contributed by atoms with Gasteiger partial charge in [-0.3, -0.25) is 4.98 Å². The summed E-state index contributed by atoms with van der Waals surface area (Å²) in [7, 11) is 2.59. The van der Waals surface area contributed by atoms with Crippen LogP contribution in [0.4, 0.5) is 14.7 Å². The summed E-state index contributed by atoms with van der Waals surface area (Å²) in [6.07, 6.45) is 2.00. The first-order valence-corrected chi connectivity index (χ1v) is 7.52. The summed E-state index contributed by atoms with van der Waals surface area (Å²) in [5.74, 6) is -1.88. The van der Waals surface area contributed by atoms with Crippen molar-refractivity contribution >= 4 is 16.9 Å². The van der Waals surface area contributed by atoms with E-state index in [1.54, 1.807) is 0 Å². The van der Waals surface area contributed by atoms with Crippen molar-refractivity contribution in [3.63, 3.8) is 0 Å². The van der Waals surface area contributed by atoms with Crippen LogP contribution in [0.3, 0.4) is 0 Å². The average Bonchev–Trinajstić information content (AvgIpc) is 2.61. The molecule has 0 aliphatic carbocycles. The molecule has 2 N–H and O–H groups in total. The van der Waals surface area contributed by atoms with Gasteiger partial charge in [-0.1, -0.05) is 6.92 Å². The number of fused-ring (bicyclic) bond motifs is 1. The second-order valence-corrected chi connectivity index (χ2v) is 5.26. The highest BCUT2D eigenvalue weighted by Crippen LogP contribution is 2.37. The zero-order chi connectivity index (χ0) is 18.1. The molecule has 0 bridgehead atoms. The van der Waals surface area contributed by atoms with Crippen LogP contribution in [-0.2, 0) is 6.42 Å². The lowest BCUT2D eigenvalue weighted by Crippen LogP contribution is -2.03. The fourth-order valence-electron chi connectivity index (χ4n) is 2.60. The Morgan fingerprint density at radius 2 is 1.68 bits per heavy atom. The molecule has 0 saturated heterocycles. The molecule has 0 amide bonds. The van der Waals surface area contributed by atoms with E-state index in [2.05, 4.69) is 15.0 Å². The Morgan fingerprint density at radius 3 is 2.24 bits per heavy atom. The van der Waals surface area contributed by atoms with E-state index < -0.39 is 11.6 Å². The van der Waals surface area contributed by atoms with Crippen LogP contribution in [0.5, 0.6) is 11.5 Å². The highest BCUT2D eigenvalue weighted by molar-refractivity contribution is 5.85. The maximum Gasteiger partial charge on any atom is 0.220 e. The molecule has 2 aromatic heterocycles. The SMILES string of the molecule is CCc1nc(-c2c(F)c(OC)cc(OC)c2F)cc2cnc(N)nc12. The Labute approximate surface area is 142 Å². The number of aromatic nitrogens is 3. The van der Waals surface area contributed by atoms with Crippen molar-refractivity contribution in [2.75, 3.05) is 20.0 Å². The molecule has 1 aromatic carbocycles. The normalized spacial score (nSPS) is 10.9. The maximum atomic E-state index is 14.7. The zero-order valence-electron chi connectivity index (χ0n) is 13.9. The van der Waals surface area contributed by atoms with Gasteiger partial charge in [0.15, 0.2) is 23.1 Å². The van der Waals surface area contributed by atoms with Crippen LogP contribution in [0.2, 0.25) is 0 Å². The van der Waals surface area contributed by atoms with E-state index in [9.17, 15) is 8.78 Å². The lowest BCUT2D eigenvalue weighted by atomic mass is 10.1. The van der Waals surface area contributed by atoms with Crippen LogP contribution in [0.25, 0.3) is 22.2 Å². The van der Waals surface area contributed by atoms with E-state index in [0.717, 1.165) is 6.07 Å². The predicted octanol–water partition coefficient (Wildman–Crippen LogP) is 3.13. The van der Waals surface area contributed by atoms with E-state index >= 15 is 0 Å². The first-order chi connectivity index (χ1) is 12.0. The molecule has 0 spiro atoms. The highest BCUT2D eigenvalue weighted by atomic mass is 19.1. The smallest absolute Gasteiger partial charge is 0.220 e. The number of rotatable bonds is 4. The van der Waals surface area contributed by atoms with Crippen molar-refractivity contribution in [1.82, 2.24) is 15.0 Å². The molecule has 0 aliphatic rings. The minimum Gasteiger partial charge on any atom is -0.494 e. The van der Waals surface area contributed by atoms with Gasteiger partial charge in [0.25, 0.3) is 0 Å². The maximum absolute atomic E-state index is 14.7. The number of ether oxygens (including phenoxy) is 2. The van der Waals surface area contributed by atoms with Gasteiger partial charge < -0.3 is 15.2 Å². The lowest BCUT2D eigenvalue weighted by molar-refractivity contribution is 0.359. The summed E-state index contributed by atoms with van der Waals surface area (Å²) >= 11 is 0. The largest absolute Gasteiger partial charge is 0.494 e. The topological polar surface area (TPSA) is 83.2 Å². The molecule has 2 heterocycles. The number of nitrogens with two attached hydrogens (primary N) is 1. The van der Waals surface area contributed by atoms with Gasteiger partial charge in [-0.2, -0.15) is 0 Å². The summed E-state index contributed by atoms with van der Waals surface area (Å²) in [5.41, 5.74) is 6.50. The van der Waals surface area contributed by atoms with Crippen molar-refractivity contribution in [2.24, 2.45) is 0 Å². The van der Waals surface area contributed by atoms with Crippen LogP contribution >= 0.6 is 0 Å². The van der Waals surface area contributed by atoms with E-state index in [0.29, 0.717) is 23.0 Å². The quantitative estimate of drug-likeness (QED) is 0.781. The minimum absolute atomic E-state index is 0.102. The van der Waals surface area contributed by atoms with Crippen LogP contribution in [0.1, 0.15) is 12.6 Å². The van der Waals surface area contributed by atoms with Gasteiger partial charge >= 0.3 is 0 Å². The fraction of sp³-hybridized carbons (Fsp3) is 0.235. The number of halogens is 2. The molecule has 6 nitrogen and oxygen atoms in total. The Hall–Kier alpha value is -3.03. The van der Waals surface area contributed by atoms with E-state index in [-0.39, 0.29) is 28.7 Å². The van der Waals surface area contributed by atoms with Crippen LogP contribution in [0.15, 0.2) is 18.3 Å². The molecule has 130 valence electrons. The van der Waals surface area contributed by atoms with Crippen LogP contribution in [-0.4, -0.2) is 29.2 Å². The summed E-state index contributed by atoms with van der Waals surface area (Å²) in [5, 5.41) is 0.580. The molecule has 3 rings (SSSR count). The first-order valence-electron chi connectivity index (χ1n) is 7.52. The number of hydrogen-bond acceptors (Lipinski definition) is 6. The molecule has 0 aliphatic heterocycles. The third kappa shape index (κ3) is 2.79. The second-order valence-electron chi connectivity index (χ2n) is 5.26. The summed E-state index contributed by atoms with van der Waals surface area (Å²) in [4.78, 5) is 12.5. The van der Waals surface area contributed by atoms with Crippen molar-refractivity contribution in [2.45, 2.75) is 13.3 Å².